The first-order chi connectivity index (χ1) is 8.83. The molecule has 1 fully saturated rings. The van der Waals surface area contributed by atoms with Gasteiger partial charge in [0.15, 0.2) is 11.5 Å². The first-order valence-electron chi connectivity index (χ1n) is 6.44. The van der Waals surface area contributed by atoms with Crippen molar-refractivity contribution < 1.29 is 4.74 Å². The van der Waals surface area contributed by atoms with Crippen molar-refractivity contribution in [2.45, 2.75) is 13.3 Å². The third-order valence-electron chi connectivity index (χ3n) is 3.36. The maximum Gasteiger partial charge on any atom is 0.158 e. The SMILES string of the molecule is Cc1cccn2nc(CCN3CCOCC3)nc12. The van der Waals surface area contributed by atoms with Crippen LogP contribution in [0.3, 0.4) is 0 Å². The van der Waals surface area contributed by atoms with Gasteiger partial charge in [-0.05, 0) is 18.6 Å². The van der Waals surface area contributed by atoms with Crippen molar-refractivity contribution in [3.8, 4) is 0 Å². The largest absolute Gasteiger partial charge is 0.379 e. The fraction of sp³-hybridized carbons (Fsp3) is 0.538. The van der Waals surface area contributed by atoms with Crippen LogP contribution < -0.4 is 0 Å². The van der Waals surface area contributed by atoms with Gasteiger partial charge >= 0.3 is 0 Å². The van der Waals surface area contributed by atoms with E-state index >= 15 is 0 Å². The number of morpholine rings is 1. The number of aromatic nitrogens is 3. The molecule has 0 N–H and O–H groups in total. The summed E-state index contributed by atoms with van der Waals surface area (Å²) in [6, 6.07) is 4.07. The Labute approximate surface area is 106 Å². The Bertz CT molecular complexity index is 531. The predicted octanol–water partition coefficient (Wildman–Crippen LogP) is 0.912. The van der Waals surface area contributed by atoms with E-state index < -0.39 is 0 Å². The zero-order valence-electron chi connectivity index (χ0n) is 10.7. The van der Waals surface area contributed by atoms with Crippen LogP contribution in [0.25, 0.3) is 5.65 Å². The van der Waals surface area contributed by atoms with Gasteiger partial charge in [-0.25, -0.2) is 9.50 Å². The molecule has 0 radical (unpaired) electrons. The Hall–Kier alpha value is -1.46. The molecule has 2 aromatic rings. The van der Waals surface area contributed by atoms with E-state index in [1.54, 1.807) is 0 Å². The van der Waals surface area contributed by atoms with Gasteiger partial charge in [0.2, 0.25) is 0 Å². The number of aryl methyl sites for hydroxylation is 1. The maximum atomic E-state index is 5.34. The summed E-state index contributed by atoms with van der Waals surface area (Å²) in [5.74, 6) is 0.927. The standard InChI is InChI=1S/C13H18N4O/c1-11-3-2-5-17-13(11)14-12(15-17)4-6-16-7-9-18-10-8-16/h2-3,5H,4,6-10H2,1H3. The van der Waals surface area contributed by atoms with Crippen molar-refractivity contribution in [3.05, 3.63) is 29.7 Å². The molecule has 0 atom stereocenters. The molecule has 3 rings (SSSR count). The summed E-state index contributed by atoms with van der Waals surface area (Å²) in [5, 5.41) is 4.51. The van der Waals surface area contributed by atoms with Gasteiger partial charge < -0.3 is 4.74 Å². The molecule has 0 bridgehead atoms. The molecule has 0 amide bonds. The molecule has 18 heavy (non-hydrogen) atoms. The van der Waals surface area contributed by atoms with Gasteiger partial charge in [0.1, 0.15) is 0 Å². The van der Waals surface area contributed by atoms with E-state index in [0.29, 0.717) is 0 Å². The summed E-state index contributed by atoms with van der Waals surface area (Å²) in [5.41, 5.74) is 2.14. The minimum Gasteiger partial charge on any atom is -0.379 e. The van der Waals surface area contributed by atoms with E-state index in [1.807, 2.05) is 16.8 Å². The molecule has 0 saturated carbocycles. The van der Waals surface area contributed by atoms with Gasteiger partial charge in [0, 0.05) is 32.3 Å². The molecule has 5 heteroatoms. The number of hydrogen-bond donors (Lipinski definition) is 0. The number of hydrogen-bond acceptors (Lipinski definition) is 4. The number of rotatable bonds is 3. The summed E-state index contributed by atoms with van der Waals surface area (Å²) in [6.07, 6.45) is 2.86. The molecule has 2 aromatic heterocycles. The van der Waals surface area contributed by atoms with Crippen LogP contribution >= 0.6 is 0 Å². The van der Waals surface area contributed by atoms with Gasteiger partial charge in [-0.2, -0.15) is 5.10 Å². The lowest BCUT2D eigenvalue weighted by Gasteiger charge is -2.25. The summed E-state index contributed by atoms with van der Waals surface area (Å²) in [7, 11) is 0. The molecule has 1 aliphatic heterocycles. The molecule has 0 unspecified atom stereocenters. The lowest BCUT2D eigenvalue weighted by Crippen LogP contribution is -2.37. The van der Waals surface area contributed by atoms with Crippen LogP contribution in [0.15, 0.2) is 18.3 Å². The van der Waals surface area contributed by atoms with Crippen LogP contribution in [-0.2, 0) is 11.2 Å². The van der Waals surface area contributed by atoms with Gasteiger partial charge in [-0.3, -0.25) is 4.90 Å². The highest BCUT2D eigenvalue weighted by molar-refractivity contribution is 5.45. The lowest BCUT2D eigenvalue weighted by molar-refractivity contribution is 0.0382. The van der Waals surface area contributed by atoms with Crippen molar-refractivity contribution in [2.75, 3.05) is 32.8 Å². The molecule has 0 aromatic carbocycles. The highest BCUT2D eigenvalue weighted by atomic mass is 16.5. The van der Waals surface area contributed by atoms with Crippen LogP contribution in [0.4, 0.5) is 0 Å². The Balaban J connectivity index is 1.69. The lowest BCUT2D eigenvalue weighted by atomic mass is 10.3. The second-order valence-electron chi connectivity index (χ2n) is 4.69. The molecular weight excluding hydrogens is 228 g/mol. The Kier molecular flexibility index (Phi) is 3.25. The van der Waals surface area contributed by atoms with Gasteiger partial charge in [0.25, 0.3) is 0 Å². The first kappa shape index (κ1) is 11.6. The monoisotopic (exact) mass is 246 g/mol. The second-order valence-corrected chi connectivity index (χ2v) is 4.69. The van der Waals surface area contributed by atoms with E-state index in [2.05, 4.69) is 28.0 Å². The molecule has 3 heterocycles. The van der Waals surface area contributed by atoms with Crippen LogP contribution in [0.5, 0.6) is 0 Å². The summed E-state index contributed by atoms with van der Waals surface area (Å²) in [4.78, 5) is 7.00. The van der Waals surface area contributed by atoms with Crippen LogP contribution in [-0.4, -0.2) is 52.3 Å². The van der Waals surface area contributed by atoms with Crippen molar-refractivity contribution in [3.63, 3.8) is 0 Å². The fourth-order valence-electron chi connectivity index (χ4n) is 2.27. The molecule has 0 spiro atoms. The number of ether oxygens (including phenoxy) is 1. The normalized spacial score (nSPS) is 17.4. The van der Waals surface area contributed by atoms with E-state index in [4.69, 9.17) is 4.74 Å². The zero-order valence-corrected chi connectivity index (χ0v) is 10.7. The van der Waals surface area contributed by atoms with Gasteiger partial charge in [0.05, 0.1) is 13.2 Å². The third kappa shape index (κ3) is 2.37. The highest BCUT2D eigenvalue weighted by Gasteiger charge is 2.12. The number of nitrogens with zero attached hydrogens (tertiary/aromatic N) is 4. The van der Waals surface area contributed by atoms with E-state index in [-0.39, 0.29) is 0 Å². The second kappa shape index (κ2) is 5.04. The van der Waals surface area contributed by atoms with Crippen LogP contribution in [0, 0.1) is 6.92 Å². The molecule has 0 aliphatic carbocycles. The first-order valence-corrected chi connectivity index (χ1v) is 6.44. The van der Waals surface area contributed by atoms with E-state index in [1.165, 1.54) is 5.56 Å². The Morgan fingerprint density at radius 2 is 2.17 bits per heavy atom. The van der Waals surface area contributed by atoms with Gasteiger partial charge in [-0.15, -0.1) is 0 Å². The van der Waals surface area contributed by atoms with Crippen LogP contribution in [0.2, 0.25) is 0 Å². The third-order valence-corrected chi connectivity index (χ3v) is 3.36. The van der Waals surface area contributed by atoms with Crippen molar-refractivity contribution in [2.24, 2.45) is 0 Å². The predicted molar refractivity (Wildman–Crippen MR) is 68.7 cm³/mol. The molecule has 1 aliphatic rings. The maximum absolute atomic E-state index is 5.34. The minimum absolute atomic E-state index is 0.845. The minimum atomic E-state index is 0.845. The number of pyridine rings is 1. The molecular formula is C13H18N4O. The molecule has 5 nitrogen and oxygen atoms in total. The Morgan fingerprint density at radius 1 is 1.33 bits per heavy atom. The molecule has 1 saturated heterocycles. The summed E-state index contributed by atoms with van der Waals surface area (Å²) >= 11 is 0. The van der Waals surface area contributed by atoms with Gasteiger partial charge in [-0.1, -0.05) is 6.07 Å². The fourth-order valence-corrected chi connectivity index (χ4v) is 2.27. The number of fused-ring (bicyclic) bond motifs is 1. The van der Waals surface area contributed by atoms with E-state index in [0.717, 1.165) is 50.7 Å². The quantitative estimate of drug-likeness (QED) is 0.807. The van der Waals surface area contributed by atoms with Crippen molar-refractivity contribution >= 4 is 5.65 Å². The van der Waals surface area contributed by atoms with Crippen molar-refractivity contribution in [1.82, 2.24) is 19.5 Å². The Morgan fingerprint density at radius 3 is 2.94 bits per heavy atom. The van der Waals surface area contributed by atoms with Crippen LogP contribution in [0.1, 0.15) is 11.4 Å². The highest BCUT2D eigenvalue weighted by Crippen LogP contribution is 2.08. The topological polar surface area (TPSA) is 42.7 Å². The smallest absolute Gasteiger partial charge is 0.158 e. The summed E-state index contributed by atoms with van der Waals surface area (Å²) in [6.45, 7) is 6.81. The summed E-state index contributed by atoms with van der Waals surface area (Å²) < 4.78 is 7.20. The zero-order chi connectivity index (χ0) is 12.4. The van der Waals surface area contributed by atoms with E-state index in [9.17, 15) is 0 Å². The average molecular weight is 246 g/mol. The average Bonchev–Trinajstić information content (AvgIpc) is 2.82. The molecule has 96 valence electrons. The van der Waals surface area contributed by atoms with Crippen molar-refractivity contribution in [1.29, 1.82) is 0 Å².